The van der Waals surface area contributed by atoms with E-state index in [-0.39, 0.29) is 12.2 Å². The van der Waals surface area contributed by atoms with Crippen LogP contribution in [0.1, 0.15) is 49.9 Å². The Bertz CT molecular complexity index is 700. The number of hydrogen-bond donors (Lipinski definition) is 1. The minimum Gasteiger partial charge on any atom is -0.473 e. The van der Waals surface area contributed by atoms with E-state index in [9.17, 15) is 0 Å². The van der Waals surface area contributed by atoms with Crippen molar-refractivity contribution < 1.29 is 9.47 Å². The number of anilines is 1. The van der Waals surface area contributed by atoms with Gasteiger partial charge in [0.1, 0.15) is 18.0 Å². The van der Waals surface area contributed by atoms with Crippen LogP contribution < -0.4 is 9.64 Å². The molecular weight excluding hydrogens is 320 g/mol. The molecule has 1 N–H and O–H groups in total. The first-order valence-electron chi connectivity index (χ1n) is 9.02. The number of aromatic amines is 1. The Morgan fingerprint density at radius 1 is 1.20 bits per heavy atom. The van der Waals surface area contributed by atoms with Crippen LogP contribution in [-0.4, -0.2) is 50.9 Å². The van der Waals surface area contributed by atoms with E-state index in [4.69, 9.17) is 9.47 Å². The first-order chi connectivity index (χ1) is 12.3. The zero-order valence-electron chi connectivity index (χ0n) is 14.5. The number of hydrogen-bond acceptors (Lipinski definition) is 7. The molecular formula is C17H24N6O2. The third kappa shape index (κ3) is 3.89. The van der Waals surface area contributed by atoms with Gasteiger partial charge in [-0.15, -0.1) is 0 Å². The molecule has 2 aliphatic rings. The molecule has 134 valence electrons. The quantitative estimate of drug-likeness (QED) is 0.909. The minimum atomic E-state index is -0.164. The van der Waals surface area contributed by atoms with Gasteiger partial charge in [-0.2, -0.15) is 10.1 Å². The van der Waals surface area contributed by atoms with Crippen molar-refractivity contribution in [2.24, 2.45) is 0 Å². The van der Waals surface area contributed by atoms with Crippen molar-refractivity contribution >= 4 is 5.82 Å². The smallest absolute Gasteiger partial charge is 0.234 e. The summed E-state index contributed by atoms with van der Waals surface area (Å²) in [6.07, 6.45) is 9.58. The predicted molar refractivity (Wildman–Crippen MR) is 91.6 cm³/mol. The monoisotopic (exact) mass is 344 g/mol. The lowest BCUT2D eigenvalue weighted by Crippen LogP contribution is -2.39. The SMILES string of the molecule is Cc1nc(C2CN(c3cncc(OC4CCCCC4)n3)CCO2)n[nH]1. The van der Waals surface area contributed by atoms with Gasteiger partial charge in [-0.1, -0.05) is 6.42 Å². The standard InChI is InChI=1S/C17H24N6O2/c1-12-19-17(22-21-12)14-11-23(7-8-24-14)15-9-18-10-16(20-15)25-13-5-3-2-4-6-13/h9-10,13-14H,2-8,11H2,1H3,(H,19,21,22). The molecule has 1 saturated carbocycles. The first-order valence-corrected chi connectivity index (χ1v) is 9.02. The van der Waals surface area contributed by atoms with Crippen LogP contribution in [0, 0.1) is 6.92 Å². The second-order valence-corrected chi connectivity index (χ2v) is 6.68. The molecule has 1 saturated heterocycles. The second-order valence-electron chi connectivity index (χ2n) is 6.68. The van der Waals surface area contributed by atoms with Crippen LogP contribution in [0.4, 0.5) is 5.82 Å². The molecule has 1 aliphatic heterocycles. The maximum atomic E-state index is 6.04. The molecule has 0 bridgehead atoms. The Morgan fingerprint density at radius 2 is 2.08 bits per heavy atom. The third-order valence-corrected chi connectivity index (χ3v) is 4.73. The van der Waals surface area contributed by atoms with Crippen LogP contribution in [0.5, 0.6) is 5.88 Å². The molecule has 2 fully saturated rings. The fourth-order valence-electron chi connectivity index (χ4n) is 3.42. The topological polar surface area (TPSA) is 89.1 Å². The van der Waals surface area contributed by atoms with E-state index >= 15 is 0 Å². The van der Waals surface area contributed by atoms with Gasteiger partial charge >= 0.3 is 0 Å². The molecule has 2 aromatic rings. The van der Waals surface area contributed by atoms with Gasteiger partial charge in [-0.3, -0.25) is 10.1 Å². The van der Waals surface area contributed by atoms with Crippen molar-refractivity contribution in [3.05, 3.63) is 24.0 Å². The van der Waals surface area contributed by atoms with E-state index in [1.165, 1.54) is 19.3 Å². The van der Waals surface area contributed by atoms with E-state index in [1.54, 1.807) is 12.4 Å². The normalized spacial score (nSPS) is 22.1. The molecule has 1 aliphatic carbocycles. The number of aromatic nitrogens is 5. The molecule has 25 heavy (non-hydrogen) atoms. The first kappa shape index (κ1) is 16.3. The zero-order chi connectivity index (χ0) is 17.1. The number of nitrogens with zero attached hydrogens (tertiary/aromatic N) is 5. The molecule has 4 rings (SSSR count). The molecule has 0 radical (unpaired) electrons. The number of aryl methyl sites for hydroxylation is 1. The Kier molecular flexibility index (Phi) is 4.78. The highest BCUT2D eigenvalue weighted by molar-refractivity contribution is 5.38. The van der Waals surface area contributed by atoms with Crippen LogP contribution in [0.15, 0.2) is 12.4 Å². The number of H-pyrrole nitrogens is 1. The van der Waals surface area contributed by atoms with Crippen molar-refractivity contribution in [1.29, 1.82) is 0 Å². The summed E-state index contributed by atoms with van der Waals surface area (Å²) in [7, 11) is 0. The van der Waals surface area contributed by atoms with E-state index < -0.39 is 0 Å². The second kappa shape index (κ2) is 7.35. The molecule has 1 unspecified atom stereocenters. The molecule has 0 spiro atoms. The van der Waals surface area contributed by atoms with E-state index in [0.717, 1.165) is 31.0 Å². The number of rotatable bonds is 4. The highest BCUT2D eigenvalue weighted by Gasteiger charge is 2.26. The fourth-order valence-corrected chi connectivity index (χ4v) is 3.42. The van der Waals surface area contributed by atoms with Gasteiger partial charge in [-0.25, -0.2) is 4.98 Å². The van der Waals surface area contributed by atoms with Gasteiger partial charge in [0.25, 0.3) is 0 Å². The highest BCUT2D eigenvalue weighted by atomic mass is 16.5. The number of nitrogens with one attached hydrogen (secondary N) is 1. The summed E-state index contributed by atoms with van der Waals surface area (Å²) in [5.74, 6) is 2.90. The summed E-state index contributed by atoms with van der Waals surface area (Å²) in [6.45, 7) is 3.91. The molecule has 8 heteroatoms. The van der Waals surface area contributed by atoms with Gasteiger partial charge in [0.2, 0.25) is 5.88 Å². The fraction of sp³-hybridized carbons (Fsp3) is 0.647. The molecule has 1 atom stereocenters. The largest absolute Gasteiger partial charge is 0.473 e. The lowest BCUT2D eigenvalue weighted by molar-refractivity contribution is 0.0338. The van der Waals surface area contributed by atoms with Gasteiger partial charge in [-0.05, 0) is 32.6 Å². The van der Waals surface area contributed by atoms with Crippen LogP contribution in [-0.2, 0) is 4.74 Å². The van der Waals surface area contributed by atoms with Gasteiger partial charge < -0.3 is 14.4 Å². The third-order valence-electron chi connectivity index (χ3n) is 4.73. The lowest BCUT2D eigenvalue weighted by atomic mass is 9.98. The van der Waals surface area contributed by atoms with Gasteiger partial charge in [0.05, 0.1) is 25.5 Å². The van der Waals surface area contributed by atoms with Crippen molar-refractivity contribution in [3.8, 4) is 5.88 Å². The van der Waals surface area contributed by atoms with Crippen LogP contribution in [0.3, 0.4) is 0 Å². The zero-order valence-corrected chi connectivity index (χ0v) is 14.5. The summed E-state index contributed by atoms with van der Waals surface area (Å²) in [6, 6.07) is 0. The predicted octanol–water partition coefficient (Wildman–Crippen LogP) is 2.19. The van der Waals surface area contributed by atoms with Crippen LogP contribution in [0.2, 0.25) is 0 Å². The Labute approximate surface area is 147 Å². The van der Waals surface area contributed by atoms with Crippen molar-refractivity contribution in [3.63, 3.8) is 0 Å². The Morgan fingerprint density at radius 3 is 2.88 bits per heavy atom. The summed E-state index contributed by atoms with van der Waals surface area (Å²) in [5, 5.41) is 7.08. The average Bonchev–Trinajstić information content (AvgIpc) is 3.09. The van der Waals surface area contributed by atoms with Gasteiger partial charge in [0.15, 0.2) is 11.6 Å². The molecule has 2 aromatic heterocycles. The van der Waals surface area contributed by atoms with Crippen LogP contribution >= 0.6 is 0 Å². The summed E-state index contributed by atoms with van der Waals surface area (Å²) < 4.78 is 11.9. The van der Waals surface area contributed by atoms with Crippen molar-refractivity contribution in [2.75, 3.05) is 24.6 Å². The molecule has 0 aromatic carbocycles. The van der Waals surface area contributed by atoms with Crippen molar-refractivity contribution in [2.45, 2.75) is 51.2 Å². The maximum Gasteiger partial charge on any atom is 0.234 e. The number of ether oxygens (including phenoxy) is 2. The summed E-state index contributed by atoms with van der Waals surface area (Å²) >= 11 is 0. The van der Waals surface area contributed by atoms with Gasteiger partial charge in [0, 0.05) is 6.54 Å². The Hall–Kier alpha value is -2.22. The van der Waals surface area contributed by atoms with E-state index in [0.29, 0.717) is 24.9 Å². The van der Waals surface area contributed by atoms with E-state index in [1.807, 2.05) is 6.92 Å². The maximum absolute atomic E-state index is 6.04. The molecule has 8 nitrogen and oxygen atoms in total. The lowest BCUT2D eigenvalue weighted by Gasteiger charge is -2.32. The highest BCUT2D eigenvalue weighted by Crippen LogP contribution is 2.26. The van der Waals surface area contributed by atoms with Crippen LogP contribution in [0.25, 0.3) is 0 Å². The van der Waals surface area contributed by atoms with Crippen molar-refractivity contribution in [1.82, 2.24) is 25.1 Å². The molecule has 0 amide bonds. The Balaban J connectivity index is 1.44. The summed E-state index contributed by atoms with van der Waals surface area (Å²) in [5.41, 5.74) is 0. The average molecular weight is 344 g/mol. The summed E-state index contributed by atoms with van der Waals surface area (Å²) in [4.78, 5) is 15.5. The molecule has 3 heterocycles. The minimum absolute atomic E-state index is 0.164. The number of morpholine rings is 1. The van der Waals surface area contributed by atoms with E-state index in [2.05, 4.69) is 30.0 Å².